The molecule has 1 aromatic heterocycles. The van der Waals surface area contributed by atoms with E-state index in [1.165, 1.54) is 18.0 Å². The van der Waals surface area contributed by atoms with Gasteiger partial charge in [-0.05, 0) is 67.9 Å². The number of aromatic nitrogens is 2. The van der Waals surface area contributed by atoms with E-state index in [0.29, 0.717) is 29.1 Å². The predicted octanol–water partition coefficient (Wildman–Crippen LogP) is 2.93. The molecule has 0 N–H and O–H groups in total. The van der Waals surface area contributed by atoms with Crippen molar-refractivity contribution in [3.05, 3.63) is 34.8 Å². The highest BCUT2D eigenvalue weighted by Crippen LogP contribution is 2.43. The van der Waals surface area contributed by atoms with Gasteiger partial charge in [-0.3, -0.25) is 4.79 Å². The van der Waals surface area contributed by atoms with Crippen molar-refractivity contribution in [2.24, 2.45) is 5.92 Å². The highest BCUT2D eigenvalue weighted by molar-refractivity contribution is 7.07. The molecule has 0 spiro atoms. The average Bonchev–Trinajstić information content (AvgIpc) is 3.35. The maximum atomic E-state index is 13.0. The van der Waals surface area contributed by atoms with Crippen molar-refractivity contribution in [1.82, 2.24) is 14.5 Å². The van der Waals surface area contributed by atoms with E-state index in [1.807, 2.05) is 36.1 Å². The maximum Gasteiger partial charge on any atom is 0.268 e. The monoisotopic (exact) mass is 359 g/mol. The van der Waals surface area contributed by atoms with Crippen molar-refractivity contribution in [2.45, 2.75) is 38.3 Å². The molecule has 2 fully saturated rings. The van der Waals surface area contributed by atoms with Gasteiger partial charge in [-0.2, -0.15) is 0 Å². The van der Waals surface area contributed by atoms with Crippen molar-refractivity contribution in [1.29, 1.82) is 0 Å². The van der Waals surface area contributed by atoms with Crippen LogP contribution in [0.3, 0.4) is 0 Å². The van der Waals surface area contributed by atoms with E-state index in [0.717, 1.165) is 24.3 Å². The Morgan fingerprint density at radius 2 is 2.04 bits per heavy atom. The number of fused-ring (bicyclic) bond motifs is 2. The Labute approximate surface area is 150 Å². The number of amides is 1. The Bertz CT molecular complexity index is 761. The van der Waals surface area contributed by atoms with Crippen LogP contribution in [0.5, 0.6) is 11.5 Å². The van der Waals surface area contributed by atoms with Crippen molar-refractivity contribution < 1.29 is 14.3 Å². The summed E-state index contributed by atoms with van der Waals surface area (Å²) in [5.74, 6) is 2.18. The third-order valence-corrected chi connectivity index (χ3v) is 6.12. The Hall–Kier alpha value is -2.15. The first-order valence-electron chi connectivity index (χ1n) is 8.56. The van der Waals surface area contributed by atoms with Crippen LogP contribution < -0.4 is 9.47 Å². The van der Waals surface area contributed by atoms with Crippen LogP contribution in [-0.4, -0.2) is 46.2 Å². The summed E-state index contributed by atoms with van der Waals surface area (Å²) < 4.78 is 15.1. The molecular weight excluding hydrogens is 338 g/mol. The largest absolute Gasteiger partial charge is 0.497 e. The zero-order chi connectivity index (χ0) is 17.4. The third-order valence-electron chi connectivity index (χ3n) is 5.30. The van der Waals surface area contributed by atoms with Gasteiger partial charge in [0.15, 0.2) is 0 Å². The van der Waals surface area contributed by atoms with Gasteiger partial charge in [0, 0.05) is 6.04 Å². The summed E-state index contributed by atoms with van der Waals surface area (Å²) in [6.45, 7) is 2.36. The van der Waals surface area contributed by atoms with Gasteiger partial charge in [-0.15, -0.1) is 5.10 Å². The standard InChI is InChI=1S/C18H21N3O3S/c1-11-17(25-20-19-11)18(22)21-13-4-3-12(9-13)16(21)10-24-15-7-5-14(23-2)6-8-15/h5-8,12-13,16H,3-4,9-10H2,1-2H3/t12-,13+,16+/m0/s1. The van der Waals surface area contributed by atoms with Gasteiger partial charge >= 0.3 is 0 Å². The van der Waals surface area contributed by atoms with Gasteiger partial charge in [-0.25, -0.2) is 0 Å². The highest BCUT2D eigenvalue weighted by Gasteiger charge is 2.49. The van der Waals surface area contributed by atoms with E-state index < -0.39 is 0 Å². The Morgan fingerprint density at radius 3 is 2.72 bits per heavy atom. The SMILES string of the molecule is COc1ccc(OC[C@@H]2[C@H]3CC[C@H](C3)N2C(=O)c2snnc2C)cc1. The Balaban J connectivity index is 1.49. The van der Waals surface area contributed by atoms with Crippen molar-refractivity contribution in [2.75, 3.05) is 13.7 Å². The molecule has 132 valence electrons. The molecule has 2 bridgehead atoms. The highest BCUT2D eigenvalue weighted by atomic mass is 32.1. The minimum atomic E-state index is 0.0584. The topological polar surface area (TPSA) is 64.6 Å². The van der Waals surface area contributed by atoms with Crippen molar-refractivity contribution >= 4 is 17.4 Å². The minimum Gasteiger partial charge on any atom is -0.497 e. The molecule has 1 aliphatic heterocycles. The van der Waals surface area contributed by atoms with E-state index in [-0.39, 0.29) is 11.9 Å². The summed E-state index contributed by atoms with van der Waals surface area (Å²) in [5.41, 5.74) is 0.715. The molecule has 1 aromatic carbocycles. The molecule has 1 amide bonds. The fourth-order valence-electron chi connectivity index (χ4n) is 4.02. The molecular formula is C18H21N3O3S. The average molecular weight is 359 g/mol. The van der Waals surface area contributed by atoms with E-state index in [9.17, 15) is 4.79 Å². The van der Waals surface area contributed by atoms with E-state index >= 15 is 0 Å². The van der Waals surface area contributed by atoms with Crippen LogP contribution in [0.15, 0.2) is 24.3 Å². The second kappa shape index (κ2) is 6.63. The fraction of sp³-hybridized carbons (Fsp3) is 0.500. The normalized spacial score (nSPS) is 24.6. The Morgan fingerprint density at radius 1 is 1.28 bits per heavy atom. The molecule has 0 unspecified atom stereocenters. The van der Waals surface area contributed by atoms with E-state index in [4.69, 9.17) is 9.47 Å². The molecule has 7 heteroatoms. The third kappa shape index (κ3) is 2.97. The first-order valence-corrected chi connectivity index (χ1v) is 9.33. The molecule has 2 aromatic rings. The number of carbonyl (C=O) groups is 1. The molecule has 2 heterocycles. The fourth-order valence-corrected chi connectivity index (χ4v) is 4.62. The van der Waals surface area contributed by atoms with Crippen LogP contribution in [0, 0.1) is 12.8 Å². The molecule has 4 rings (SSSR count). The molecule has 1 saturated heterocycles. The quantitative estimate of drug-likeness (QED) is 0.821. The van der Waals surface area contributed by atoms with E-state index in [2.05, 4.69) is 9.59 Å². The van der Waals surface area contributed by atoms with Gasteiger partial charge in [0.2, 0.25) is 0 Å². The molecule has 25 heavy (non-hydrogen) atoms. The number of ether oxygens (including phenoxy) is 2. The second-order valence-electron chi connectivity index (χ2n) is 6.68. The minimum absolute atomic E-state index is 0.0584. The zero-order valence-corrected chi connectivity index (χ0v) is 15.2. The smallest absolute Gasteiger partial charge is 0.268 e. The van der Waals surface area contributed by atoms with Gasteiger partial charge in [0.05, 0.1) is 18.8 Å². The Kier molecular flexibility index (Phi) is 4.33. The van der Waals surface area contributed by atoms with Gasteiger partial charge in [0.1, 0.15) is 23.0 Å². The number of hydrogen-bond acceptors (Lipinski definition) is 6. The number of piperidine rings is 1. The van der Waals surface area contributed by atoms with Crippen LogP contribution in [-0.2, 0) is 0 Å². The summed E-state index contributed by atoms with van der Waals surface area (Å²) in [6.07, 6.45) is 3.33. The maximum absolute atomic E-state index is 13.0. The number of carbonyl (C=O) groups excluding carboxylic acids is 1. The molecule has 6 nitrogen and oxygen atoms in total. The first-order chi connectivity index (χ1) is 12.2. The lowest BCUT2D eigenvalue weighted by Crippen LogP contribution is -2.47. The molecule has 1 aliphatic carbocycles. The van der Waals surface area contributed by atoms with Crippen molar-refractivity contribution in [3.8, 4) is 11.5 Å². The van der Waals surface area contributed by atoms with Crippen LogP contribution in [0.4, 0.5) is 0 Å². The van der Waals surface area contributed by atoms with E-state index in [1.54, 1.807) is 7.11 Å². The number of likely N-dealkylation sites (tertiary alicyclic amines) is 1. The van der Waals surface area contributed by atoms with Crippen LogP contribution in [0.2, 0.25) is 0 Å². The summed E-state index contributed by atoms with van der Waals surface area (Å²) in [6, 6.07) is 8.00. The number of nitrogens with zero attached hydrogens (tertiary/aromatic N) is 3. The lowest BCUT2D eigenvalue weighted by atomic mass is 9.99. The lowest BCUT2D eigenvalue weighted by Gasteiger charge is -2.35. The predicted molar refractivity (Wildman–Crippen MR) is 94.2 cm³/mol. The number of benzene rings is 1. The molecule has 3 atom stereocenters. The summed E-state index contributed by atoms with van der Waals surface area (Å²) in [4.78, 5) is 15.7. The van der Waals surface area contributed by atoms with Gasteiger partial charge in [0.25, 0.3) is 5.91 Å². The second-order valence-corrected chi connectivity index (χ2v) is 7.43. The number of aryl methyl sites for hydroxylation is 1. The summed E-state index contributed by atoms with van der Waals surface area (Å²) in [5, 5.41) is 3.98. The molecule has 1 saturated carbocycles. The number of methoxy groups -OCH3 is 1. The number of hydrogen-bond donors (Lipinski definition) is 0. The van der Waals surface area contributed by atoms with Gasteiger partial charge < -0.3 is 14.4 Å². The number of rotatable bonds is 5. The zero-order valence-electron chi connectivity index (χ0n) is 14.3. The summed E-state index contributed by atoms with van der Waals surface area (Å²) >= 11 is 1.19. The van der Waals surface area contributed by atoms with Crippen LogP contribution in [0.25, 0.3) is 0 Å². The van der Waals surface area contributed by atoms with Crippen LogP contribution >= 0.6 is 11.5 Å². The van der Waals surface area contributed by atoms with Gasteiger partial charge in [-0.1, -0.05) is 4.49 Å². The van der Waals surface area contributed by atoms with Crippen molar-refractivity contribution in [3.63, 3.8) is 0 Å². The summed E-state index contributed by atoms with van der Waals surface area (Å²) in [7, 11) is 1.64. The first kappa shape index (κ1) is 16.3. The molecule has 0 radical (unpaired) electrons. The lowest BCUT2D eigenvalue weighted by molar-refractivity contribution is 0.0509. The van der Waals surface area contributed by atoms with Crippen LogP contribution in [0.1, 0.15) is 34.6 Å². The molecule has 2 aliphatic rings.